The molecule has 0 bridgehead atoms. The number of nitrogens with zero attached hydrogens (tertiary/aromatic N) is 4. The Labute approximate surface area is 235 Å². The average molecular weight is 572 g/mol. The predicted octanol–water partition coefficient (Wildman–Crippen LogP) is 6.31. The number of hydrogen-bond donors (Lipinski definition) is 1. The van der Waals surface area contributed by atoms with Crippen molar-refractivity contribution in [2.75, 3.05) is 26.2 Å². The van der Waals surface area contributed by atoms with Gasteiger partial charge >= 0.3 is 6.18 Å². The fraction of sp³-hybridized carbons (Fsp3) is 0.414. The van der Waals surface area contributed by atoms with E-state index in [1.165, 1.54) is 33.1 Å². The number of ether oxygens (including phenoxy) is 1. The van der Waals surface area contributed by atoms with Crippen LogP contribution in [0, 0.1) is 5.92 Å². The fourth-order valence-electron chi connectivity index (χ4n) is 4.88. The number of piperidine rings is 1. The van der Waals surface area contributed by atoms with Gasteiger partial charge in [0.1, 0.15) is 18.4 Å². The Hall–Kier alpha value is -3.44. The second-order valence-electron chi connectivity index (χ2n) is 10.4. The van der Waals surface area contributed by atoms with E-state index in [1.807, 2.05) is 30.5 Å². The third-order valence-electron chi connectivity index (χ3n) is 7.11. The van der Waals surface area contributed by atoms with Crippen LogP contribution in [-0.4, -0.2) is 63.9 Å². The number of nitrogens with one attached hydrogen (secondary N) is 1. The Bertz CT molecular complexity index is 1440. The van der Waals surface area contributed by atoms with Gasteiger partial charge in [0.15, 0.2) is 5.65 Å². The monoisotopic (exact) mass is 571 g/mol. The van der Waals surface area contributed by atoms with Crippen LogP contribution in [0.15, 0.2) is 54.3 Å². The van der Waals surface area contributed by atoms with Gasteiger partial charge in [0, 0.05) is 30.1 Å². The van der Waals surface area contributed by atoms with E-state index in [0.717, 1.165) is 47.8 Å². The third kappa shape index (κ3) is 6.47. The molecule has 1 saturated heterocycles. The van der Waals surface area contributed by atoms with E-state index < -0.39 is 24.0 Å². The highest BCUT2D eigenvalue weighted by atomic mass is 32.1. The third-order valence-corrected chi connectivity index (χ3v) is 8.04. The molecule has 0 aliphatic carbocycles. The lowest BCUT2D eigenvalue weighted by atomic mass is 10.0. The Balaban J connectivity index is 1.25. The first-order chi connectivity index (χ1) is 19.2. The number of hydrogen-bond acceptors (Lipinski definition) is 6. The molecule has 1 aromatic carbocycles. The maximum atomic E-state index is 13.3. The molecular formula is C29H32F3N5O2S. The summed E-state index contributed by atoms with van der Waals surface area (Å²) in [5, 5.41) is 8.27. The van der Waals surface area contributed by atoms with Crippen molar-refractivity contribution in [3.63, 3.8) is 0 Å². The van der Waals surface area contributed by atoms with Gasteiger partial charge in [0.25, 0.3) is 5.91 Å². The summed E-state index contributed by atoms with van der Waals surface area (Å²) < 4.78 is 47.5. The number of carbonyl (C=O) groups excluding carboxylic acids is 1. The molecule has 4 heterocycles. The van der Waals surface area contributed by atoms with E-state index in [1.54, 1.807) is 28.4 Å². The number of rotatable bonds is 9. The molecule has 1 N–H and O–H groups in total. The van der Waals surface area contributed by atoms with Crippen LogP contribution in [0.5, 0.6) is 5.75 Å². The Kier molecular flexibility index (Phi) is 8.41. The molecule has 1 aliphatic heterocycles. The number of likely N-dealkylation sites (tertiary alicyclic amines) is 1. The van der Waals surface area contributed by atoms with Gasteiger partial charge in [0.2, 0.25) is 0 Å². The topological polar surface area (TPSA) is 71.8 Å². The van der Waals surface area contributed by atoms with Gasteiger partial charge in [-0.1, -0.05) is 32.4 Å². The summed E-state index contributed by atoms with van der Waals surface area (Å²) in [5.74, 6) is -0.712. The standard InChI is InChI=1S/C29H32F3N5O2S/c1-19(2)26(29(30,31)32)35-28(38)25-14-21(18-40-25)24-16-34-37-17-22(15-33-27(24)37)20-6-8-23(9-7-20)39-13-12-36-10-4-3-5-11-36/h6-9,14-19,26H,3-5,10-13H2,1-2H3,(H,35,38). The number of halogens is 3. The first-order valence-electron chi connectivity index (χ1n) is 13.4. The highest BCUT2D eigenvalue weighted by Crippen LogP contribution is 2.31. The van der Waals surface area contributed by atoms with Crippen molar-refractivity contribution < 1.29 is 22.7 Å². The van der Waals surface area contributed by atoms with Crippen LogP contribution < -0.4 is 10.1 Å². The summed E-state index contributed by atoms with van der Waals surface area (Å²) in [4.78, 5) is 19.8. The van der Waals surface area contributed by atoms with Crippen LogP contribution in [-0.2, 0) is 0 Å². The number of aromatic nitrogens is 3. The second kappa shape index (κ2) is 12.0. The second-order valence-corrected chi connectivity index (χ2v) is 11.3. The number of thiophene rings is 1. The molecule has 11 heteroatoms. The van der Waals surface area contributed by atoms with Crippen molar-refractivity contribution in [1.29, 1.82) is 0 Å². The molecule has 4 aromatic rings. The molecular weight excluding hydrogens is 539 g/mol. The quantitative estimate of drug-likeness (QED) is 0.255. The SMILES string of the molecule is CC(C)C(NC(=O)c1cc(-c2cnn3cc(-c4ccc(OCCN5CCCCC5)cc4)cnc23)cs1)C(F)(F)F. The van der Waals surface area contributed by atoms with E-state index in [-0.39, 0.29) is 4.88 Å². The maximum absolute atomic E-state index is 13.3. The van der Waals surface area contributed by atoms with Gasteiger partial charge < -0.3 is 10.1 Å². The van der Waals surface area contributed by atoms with Crippen molar-refractivity contribution >= 4 is 22.9 Å². The summed E-state index contributed by atoms with van der Waals surface area (Å²) in [7, 11) is 0. The molecule has 40 heavy (non-hydrogen) atoms. The summed E-state index contributed by atoms with van der Waals surface area (Å²) in [5.41, 5.74) is 3.79. The average Bonchev–Trinajstić information content (AvgIpc) is 3.59. The first-order valence-corrected chi connectivity index (χ1v) is 14.3. The lowest BCUT2D eigenvalue weighted by Crippen LogP contribution is -2.48. The molecule has 0 spiro atoms. The van der Waals surface area contributed by atoms with Gasteiger partial charge in [-0.3, -0.25) is 9.69 Å². The smallest absolute Gasteiger partial charge is 0.408 e. The number of benzene rings is 1. The van der Waals surface area contributed by atoms with Crippen LogP contribution >= 0.6 is 11.3 Å². The Morgan fingerprint density at radius 2 is 1.82 bits per heavy atom. The lowest BCUT2D eigenvalue weighted by Gasteiger charge is -2.26. The zero-order valence-corrected chi connectivity index (χ0v) is 23.3. The van der Waals surface area contributed by atoms with Crippen molar-refractivity contribution in [3.05, 3.63) is 59.2 Å². The molecule has 3 aromatic heterocycles. The van der Waals surface area contributed by atoms with Crippen molar-refractivity contribution in [2.24, 2.45) is 5.92 Å². The summed E-state index contributed by atoms with van der Waals surface area (Å²) in [6.07, 6.45) is 4.59. The normalized spacial score (nSPS) is 15.4. The summed E-state index contributed by atoms with van der Waals surface area (Å²) in [6.45, 7) is 6.75. The van der Waals surface area contributed by atoms with E-state index in [2.05, 4.69) is 20.3 Å². The minimum Gasteiger partial charge on any atom is -0.492 e. The molecule has 1 fully saturated rings. The Morgan fingerprint density at radius 3 is 2.52 bits per heavy atom. The molecule has 0 radical (unpaired) electrons. The maximum Gasteiger partial charge on any atom is 0.408 e. The minimum absolute atomic E-state index is 0.194. The molecule has 0 saturated carbocycles. The van der Waals surface area contributed by atoms with Crippen LogP contribution in [0.3, 0.4) is 0 Å². The first kappa shape index (κ1) is 28.1. The van der Waals surface area contributed by atoms with Gasteiger partial charge in [-0.15, -0.1) is 11.3 Å². The van der Waals surface area contributed by atoms with E-state index >= 15 is 0 Å². The number of amides is 1. The highest BCUT2D eigenvalue weighted by Gasteiger charge is 2.42. The van der Waals surface area contributed by atoms with Crippen molar-refractivity contribution in [2.45, 2.75) is 45.3 Å². The molecule has 1 atom stereocenters. The van der Waals surface area contributed by atoms with Crippen LogP contribution in [0.25, 0.3) is 27.9 Å². The van der Waals surface area contributed by atoms with Gasteiger partial charge in [-0.05, 0) is 66.6 Å². The molecule has 7 nitrogen and oxygen atoms in total. The fourth-order valence-corrected chi connectivity index (χ4v) is 5.69. The lowest BCUT2D eigenvalue weighted by molar-refractivity contribution is -0.162. The minimum atomic E-state index is -4.52. The summed E-state index contributed by atoms with van der Waals surface area (Å²) in [6, 6.07) is 7.53. The molecule has 5 rings (SSSR count). The van der Waals surface area contributed by atoms with E-state index in [4.69, 9.17) is 4.74 Å². The van der Waals surface area contributed by atoms with Crippen molar-refractivity contribution in [1.82, 2.24) is 24.8 Å². The largest absolute Gasteiger partial charge is 0.492 e. The van der Waals surface area contributed by atoms with Crippen molar-refractivity contribution in [3.8, 4) is 28.0 Å². The molecule has 1 amide bonds. The van der Waals surface area contributed by atoms with Crippen LogP contribution in [0.4, 0.5) is 13.2 Å². The highest BCUT2D eigenvalue weighted by molar-refractivity contribution is 7.12. The van der Waals surface area contributed by atoms with E-state index in [0.29, 0.717) is 23.4 Å². The zero-order valence-electron chi connectivity index (χ0n) is 22.4. The number of fused-ring (bicyclic) bond motifs is 1. The van der Waals surface area contributed by atoms with Crippen LogP contribution in [0.2, 0.25) is 0 Å². The van der Waals surface area contributed by atoms with Gasteiger partial charge in [0.05, 0.1) is 11.1 Å². The number of alkyl halides is 3. The van der Waals surface area contributed by atoms with Gasteiger partial charge in [-0.25, -0.2) is 9.50 Å². The molecule has 212 valence electrons. The Morgan fingerprint density at radius 1 is 1.07 bits per heavy atom. The number of carbonyl (C=O) groups is 1. The zero-order chi connectivity index (χ0) is 28.3. The van der Waals surface area contributed by atoms with Crippen LogP contribution in [0.1, 0.15) is 42.8 Å². The molecule has 1 aliphatic rings. The van der Waals surface area contributed by atoms with Gasteiger partial charge in [-0.2, -0.15) is 18.3 Å². The van der Waals surface area contributed by atoms with E-state index in [9.17, 15) is 18.0 Å². The predicted molar refractivity (Wildman–Crippen MR) is 150 cm³/mol. The summed E-state index contributed by atoms with van der Waals surface area (Å²) >= 11 is 1.08. The molecule has 1 unspecified atom stereocenters.